The summed E-state index contributed by atoms with van der Waals surface area (Å²) in [5.74, 6) is 0.622. The molecule has 2 aliphatic rings. The molecule has 0 amide bonds. The monoisotopic (exact) mass is 424 g/mol. The SMILES string of the molecule is COc1ccc2cc1COCCCCNC(O)c1ccc(c(F)c1)-c1ccnc(n1)N2. The lowest BCUT2D eigenvalue weighted by molar-refractivity contribution is 0.110. The first-order valence-corrected chi connectivity index (χ1v) is 10.2. The van der Waals surface area contributed by atoms with E-state index in [2.05, 4.69) is 20.6 Å². The van der Waals surface area contributed by atoms with Crippen molar-refractivity contribution in [2.45, 2.75) is 25.7 Å². The Kier molecular flexibility index (Phi) is 6.71. The van der Waals surface area contributed by atoms with Crippen molar-refractivity contribution >= 4 is 11.6 Å². The molecule has 0 radical (unpaired) electrons. The number of aromatic nitrogens is 2. The highest BCUT2D eigenvalue weighted by Crippen LogP contribution is 2.27. The normalized spacial score (nSPS) is 17.2. The van der Waals surface area contributed by atoms with E-state index in [0.717, 1.165) is 29.8 Å². The number of halogens is 1. The van der Waals surface area contributed by atoms with Crippen LogP contribution in [-0.4, -0.2) is 35.3 Å². The number of hydrogen-bond acceptors (Lipinski definition) is 7. The average molecular weight is 424 g/mol. The minimum atomic E-state index is -0.945. The summed E-state index contributed by atoms with van der Waals surface area (Å²) in [6.07, 6.45) is 2.27. The van der Waals surface area contributed by atoms with E-state index in [4.69, 9.17) is 9.47 Å². The molecule has 0 spiro atoms. The standard InChI is InChI=1S/C23H25FN4O3/c1-30-21-7-5-17-12-16(21)14-31-11-3-2-9-25-22(29)15-4-6-18(19(24)13-15)20-8-10-26-23(27-17)28-20/h4-8,10,12-13,22,25,29H,2-3,9,11,14H2,1H3,(H,26,27,28). The molecular formula is C23H25FN4O3. The largest absolute Gasteiger partial charge is 0.496 e. The number of methoxy groups -OCH3 is 1. The molecule has 0 saturated carbocycles. The molecule has 5 rings (SSSR count). The van der Waals surface area contributed by atoms with Crippen LogP contribution in [0, 0.1) is 5.82 Å². The molecule has 3 aromatic rings. The molecule has 8 heteroatoms. The Balaban J connectivity index is 1.68. The van der Waals surface area contributed by atoms with Crippen molar-refractivity contribution in [3.8, 4) is 17.0 Å². The third kappa shape index (κ3) is 5.16. The molecule has 1 unspecified atom stereocenters. The van der Waals surface area contributed by atoms with Crippen LogP contribution in [0.15, 0.2) is 48.7 Å². The number of fused-ring (bicyclic) bond motifs is 9. The summed E-state index contributed by atoms with van der Waals surface area (Å²) in [6.45, 7) is 1.57. The Labute approximate surface area is 180 Å². The number of anilines is 2. The van der Waals surface area contributed by atoms with E-state index < -0.39 is 12.0 Å². The zero-order valence-electron chi connectivity index (χ0n) is 17.3. The predicted molar refractivity (Wildman–Crippen MR) is 116 cm³/mol. The van der Waals surface area contributed by atoms with E-state index in [-0.39, 0.29) is 0 Å². The second-order valence-electron chi connectivity index (χ2n) is 7.27. The minimum Gasteiger partial charge on any atom is -0.496 e. The lowest BCUT2D eigenvalue weighted by atomic mass is 10.1. The Bertz CT molecular complexity index is 1050. The van der Waals surface area contributed by atoms with Gasteiger partial charge in [-0.15, -0.1) is 0 Å². The summed E-state index contributed by atoms with van der Waals surface area (Å²) in [5.41, 5.74) is 2.92. The van der Waals surface area contributed by atoms with Gasteiger partial charge in [-0.05, 0) is 61.3 Å². The quantitative estimate of drug-likeness (QED) is 0.546. The van der Waals surface area contributed by atoms with Gasteiger partial charge in [0, 0.05) is 29.6 Å². The van der Waals surface area contributed by atoms with Crippen LogP contribution in [0.25, 0.3) is 11.3 Å². The van der Waals surface area contributed by atoms with Crippen LogP contribution in [0.4, 0.5) is 16.0 Å². The zero-order valence-corrected chi connectivity index (χ0v) is 17.3. The molecule has 0 fully saturated rings. The number of nitrogens with one attached hydrogen (secondary N) is 2. The maximum atomic E-state index is 14.8. The first kappa shape index (κ1) is 21.2. The van der Waals surface area contributed by atoms with E-state index in [1.807, 2.05) is 18.2 Å². The molecule has 162 valence electrons. The highest BCUT2D eigenvalue weighted by molar-refractivity contribution is 5.63. The third-order valence-electron chi connectivity index (χ3n) is 5.09. The number of benzene rings is 2. The van der Waals surface area contributed by atoms with Gasteiger partial charge in [-0.3, -0.25) is 5.32 Å². The summed E-state index contributed by atoms with van der Waals surface area (Å²) in [4.78, 5) is 8.70. The highest BCUT2D eigenvalue weighted by atomic mass is 19.1. The molecule has 0 saturated heterocycles. The molecule has 6 bridgehead atoms. The molecule has 3 N–H and O–H groups in total. The van der Waals surface area contributed by atoms with Crippen LogP contribution in [0.1, 0.15) is 30.2 Å². The summed E-state index contributed by atoms with van der Waals surface area (Å²) in [7, 11) is 1.62. The molecule has 0 aliphatic carbocycles. The van der Waals surface area contributed by atoms with Crippen molar-refractivity contribution < 1.29 is 19.0 Å². The second-order valence-corrected chi connectivity index (χ2v) is 7.27. The molecule has 1 atom stereocenters. The molecule has 31 heavy (non-hydrogen) atoms. The van der Waals surface area contributed by atoms with Gasteiger partial charge in [0.15, 0.2) is 0 Å². The maximum absolute atomic E-state index is 14.8. The Morgan fingerprint density at radius 1 is 1.16 bits per heavy atom. The fourth-order valence-corrected chi connectivity index (χ4v) is 3.44. The average Bonchev–Trinajstić information content (AvgIpc) is 2.78. The van der Waals surface area contributed by atoms with Crippen molar-refractivity contribution in [3.05, 3.63) is 65.6 Å². The molecule has 3 heterocycles. The van der Waals surface area contributed by atoms with E-state index in [1.54, 1.807) is 31.5 Å². The van der Waals surface area contributed by atoms with Crippen LogP contribution in [0.3, 0.4) is 0 Å². The van der Waals surface area contributed by atoms with Crippen LogP contribution in [0.5, 0.6) is 5.75 Å². The van der Waals surface area contributed by atoms with Gasteiger partial charge in [-0.1, -0.05) is 6.07 Å². The van der Waals surface area contributed by atoms with Gasteiger partial charge in [-0.2, -0.15) is 0 Å². The fourth-order valence-electron chi connectivity index (χ4n) is 3.44. The van der Waals surface area contributed by atoms with Crippen molar-refractivity contribution in [1.82, 2.24) is 15.3 Å². The first-order chi connectivity index (χ1) is 15.1. The van der Waals surface area contributed by atoms with Gasteiger partial charge in [-0.25, -0.2) is 14.4 Å². The van der Waals surface area contributed by atoms with E-state index in [0.29, 0.717) is 42.5 Å². The van der Waals surface area contributed by atoms with E-state index in [9.17, 15) is 9.50 Å². The second kappa shape index (κ2) is 9.82. The van der Waals surface area contributed by atoms with Crippen LogP contribution < -0.4 is 15.4 Å². The van der Waals surface area contributed by atoms with Gasteiger partial charge in [0.05, 0.1) is 19.4 Å². The van der Waals surface area contributed by atoms with E-state index in [1.165, 1.54) is 6.07 Å². The van der Waals surface area contributed by atoms with Crippen LogP contribution in [-0.2, 0) is 11.3 Å². The number of aliphatic hydroxyl groups is 1. The molecule has 2 aromatic carbocycles. The predicted octanol–water partition coefficient (Wildman–Crippen LogP) is 3.93. The molecule has 2 aliphatic heterocycles. The number of nitrogens with zero attached hydrogens (tertiary/aromatic N) is 2. The smallest absolute Gasteiger partial charge is 0.227 e. The van der Waals surface area contributed by atoms with Gasteiger partial charge < -0.3 is 19.9 Å². The summed E-state index contributed by atoms with van der Waals surface area (Å²) in [6, 6.07) is 11.9. The van der Waals surface area contributed by atoms with Gasteiger partial charge in [0.1, 0.15) is 17.8 Å². The summed E-state index contributed by atoms with van der Waals surface area (Å²) < 4.78 is 26.0. The Morgan fingerprint density at radius 3 is 2.90 bits per heavy atom. The van der Waals surface area contributed by atoms with Crippen molar-refractivity contribution in [2.24, 2.45) is 0 Å². The Hall–Kier alpha value is -3.07. The van der Waals surface area contributed by atoms with Gasteiger partial charge in [0.25, 0.3) is 0 Å². The van der Waals surface area contributed by atoms with E-state index >= 15 is 0 Å². The zero-order chi connectivity index (χ0) is 21.6. The number of rotatable bonds is 1. The summed E-state index contributed by atoms with van der Waals surface area (Å²) in [5, 5.41) is 16.5. The molecule has 1 aromatic heterocycles. The lowest BCUT2D eigenvalue weighted by Gasteiger charge is -2.14. The van der Waals surface area contributed by atoms with Crippen LogP contribution >= 0.6 is 0 Å². The summed E-state index contributed by atoms with van der Waals surface area (Å²) >= 11 is 0. The van der Waals surface area contributed by atoms with Gasteiger partial charge >= 0.3 is 0 Å². The first-order valence-electron chi connectivity index (χ1n) is 10.2. The van der Waals surface area contributed by atoms with Crippen molar-refractivity contribution in [3.63, 3.8) is 0 Å². The van der Waals surface area contributed by atoms with Crippen molar-refractivity contribution in [2.75, 3.05) is 25.6 Å². The molecule has 7 nitrogen and oxygen atoms in total. The highest BCUT2D eigenvalue weighted by Gasteiger charge is 2.14. The number of hydrogen-bond donors (Lipinski definition) is 3. The molecular weight excluding hydrogens is 399 g/mol. The van der Waals surface area contributed by atoms with Gasteiger partial charge in [0.2, 0.25) is 5.95 Å². The van der Waals surface area contributed by atoms with Crippen LogP contribution in [0.2, 0.25) is 0 Å². The minimum absolute atomic E-state index is 0.336. The fraction of sp³-hybridized carbons (Fsp3) is 0.304. The van der Waals surface area contributed by atoms with Crippen molar-refractivity contribution in [1.29, 1.82) is 0 Å². The Morgan fingerprint density at radius 2 is 2.06 bits per heavy atom. The lowest BCUT2D eigenvalue weighted by Crippen LogP contribution is -2.22. The maximum Gasteiger partial charge on any atom is 0.227 e. The topological polar surface area (TPSA) is 88.5 Å². The third-order valence-corrected chi connectivity index (χ3v) is 5.09. The number of aliphatic hydroxyl groups excluding tert-OH is 1. The number of ether oxygens (including phenoxy) is 2.